The molecule has 0 atom stereocenters. The second-order valence-corrected chi connectivity index (χ2v) is 6.80. The van der Waals surface area contributed by atoms with Crippen LogP contribution in [0.3, 0.4) is 0 Å². The lowest BCUT2D eigenvalue weighted by atomic mass is 9.87. The number of hydrogen-bond acceptors (Lipinski definition) is 3. The Labute approximate surface area is 119 Å². The largest absolute Gasteiger partial charge is 0.314 e. The number of nitrogens with zero attached hydrogens (tertiary/aromatic N) is 2. The Morgan fingerprint density at radius 3 is 2.16 bits per heavy atom. The summed E-state index contributed by atoms with van der Waals surface area (Å²) < 4.78 is 0. The van der Waals surface area contributed by atoms with Gasteiger partial charge in [0.1, 0.15) is 0 Å². The van der Waals surface area contributed by atoms with Crippen molar-refractivity contribution in [2.24, 2.45) is 5.92 Å². The van der Waals surface area contributed by atoms with Gasteiger partial charge in [-0.3, -0.25) is 0 Å². The van der Waals surface area contributed by atoms with Gasteiger partial charge in [-0.15, -0.1) is 0 Å². The molecule has 1 saturated heterocycles. The summed E-state index contributed by atoms with van der Waals surface area (Å²) in [6.45, 7) is 7.32. The molecule has 1 heterocycles. The molecule has 1 saturated carbocycles. The molecule has 1 N–H and O–H groups in total. The number of piperidine rings is 1. The fourth-order valence-electron chi connectivity index (χ4n) is 3.95. The summed E-state index contributed by atoms with van der Waals surface area (Å²) in [5.41, 5.74) is 0. The maximum Gasteiger partial charge on any atom is 0.00964 e. The quantitative estimate of drug-likeness (QED) is 0.824. The number of nitrogens with one attached hydrogen (secondary N) is 1. The van der Waals surface area contributed by atoms with Gasteiger partial charge >= 0.3 is 0 Å². The average Bonchev–Trinajstić information content (AvgIpc) is 2.40. The van der Waals surface area contributed by atoms with E-state index in [2.05, 4.69) is 36.1 Å². The second-order valence-electron chi connectivity index (χ2n) is 6.80. The molecule has 0 aromatic carbocycles. The van der Waals surface area contributed by atoms with Crippen LogP contribution in [0.1, 0.15) is 45.4 Å². The van der Waals surface area contributed by atoms with Gasteiger partial charge < -0.3 is 15.1 Å². The summed E-state index contributed by atoms with van der Waals surface area (Å²) in [4.78, 5) is 5.14. The third-order valence-electron chi connectivity index (χ3n) is 4.98. The fraction of sp³-hybridized carbons (Fsp3) is 1.00. The van der Waals surface area contributed by atoms with E-state index >= 15 is 0 Å². The Balaban J connectivity index is 1.68. The first-order valence-corrected chi connectivity index (χ1v) is 8.31. The molecule has 0 amide bonds. The van der Waals surface area contributed by atoms with E-state index in [0.29, 0.717) is 0 Å². The molecule has 2 aliphatic rings. The van der Waals surface area contributed by atoms with E-state index in [1.807, 2.05) is 0 Å². The van der Waals surface area contributed by atoms with Gasteiger partial charge in [0, 0.05) is 18.6 Å². The van der Waals surface area contributed by atoms with E-state index in [0.717, 1.165) is 24.5 Å². The highest BCUT2D eigenvalue weighted by Gasteiger charge is 2.28. The highest BCUT2D eigenvalue weighted by molar-refractivity contribution is 4.85. The van der Waals surface area contributed by atoms with E-state index in [1.165, 1.54) is 58.2 Å². The van der Waals surface area contributed by atoms with Crippen LogP contribution in [0.15, 0.2) is 0 Å². The average molecular weight is 267 g/mol. The van der Waals surface area contributed by atoms with Crippen molar-refractivity contribution in [1.29, 1.82) is 0 Å². The summed E-state index contributed by atoms with van der Waals surface area (Å²) >= 11 is 0. The molecule has 112 valence electrons. The minimum atomic E-state index is 0.799. The molecule has 19 heavy (non-hydrogen) atoms. The van der Waals surface area contributed by atoms with Crippen LogP contribution in [0.2, 0.25) is 0 Å². The van der Waals surface area contributed by atoms with Crippen LogP contribution < -0.4 is 5.32 Å². The fourth-order valence-corrected chi connectivity index (χ4v) is 3.95. The Morgan fingerprint density at radius 2 is 1.63 bits per heavy atom. The molecule has 2 rings (SSSR count). The Morgan fingerprint density at radius 1 is 1.00 bits per heavy atom. The molecule has 0 aromatic heterocycles. The van der Waals surface area contributed by atoms with Crippen molar-refractivity contribution < 1.29 is 0 Å². The van der Waals surface area contributed by atoms with Crippen molar-refractivity contribution in [3.8, 4) is 0 Å². The molecule has 0 radical (unpaired) electrons. The normalized spacial score (nSPS) is 30.9. The molecule has 0 spiro atoms. The standard InChI is InChI=1S/C16H33N3/c1-4-17-15-5-7-16(8-6-15)19-11-9-14(10-12-19)13-18(2)3/h14-17H,4-13H2,1-3H3. The molecule has 3 nitrogen and oxygen atoms in total. The zero-order chi connectivity index (χ0) is 13.7. The topological polar surface area (TPSA) is 18.5 Å². The maximum atomic E-state index is 3.61. The highest BCUT2D eigenvalue weighted by Crippen LogP contribution is 2.27. The third-order valence-corrected chi connectivity index (χ3v) is 4.98. The van der Waals surface area contributed by atoms with Crippen LogP contribution in [0, 0.1) is 5.92 Å². The predicted octanol–water partition coefficient (Wildman–Crippen LogP) is 2.18. The summed E-state index contributed by atoms with van der Waals surface area (Å²) in [6, 6.07) is 1.68. The predicted molar refractivity (Wildman–Crippen MR) is 82.6 cm³/mol. The van der Waals surface area contributed by atoms with Crippen LogP contribution in [0.4, 0.5) is 0 Å². The minimum Gasteiger partial charge on any atom is -0.314 e. The maximum absolute atomic E-state index is 3.61. The summed E-state index contributed by atoms with van der Waals surface area (Å²) in [7, 11) is 4.41. The van der Waals surface area contributed by atoms with Crippen molar-refractivity contribution in [3.63, 3.8) is 0 Å². The SMILES string of the molecule is CCNC1CCC(N2CCC(CN(C)C)CC2)CC1. The Kier molecular flexibility index (Phi) is 6.11. The van der Waals surface area contributed by atoms with E-state index in [4.69, 9.17) is 0 Å². The van der Waals surface area contributed by atoms with Gasteiger partial charge in [0.15, 0.2) is 0 Å². The van der Waals surface area contributed by atoms with Gasteiger partial charge in [0.05, 0.1) is 0 Å². The molecule has 0 aromatic rings. The molecular weight excluding hydrogens is 234 g/mol. The molecule has 0 unspecified atom stereocenters. The van der Waals surface area contributed by atoms with Gasteiger partial charge in [-0.05, 0) is 78.2 Å². The highest BCUT2D eigenvalue weighted by atomic mass is 15.2. The zero-order valence-corrected chi connectivity index (χ0v) is 13.2. The first-order chi connectivity index (χ1) is 9.19. The molecule has 2 fully saturated rings. The van der Waals surface area contributed by atoms with Crippen molar-refractivity contribution >= 4 is 0 Å². The first-order valence-electron chi connectivity index (χ1n) is 8.31. The lowest BCUT2D eigenvalue weighted by Gasteiger charge is -2.41. The van der Waals surface area contributed by atoms with Crippen LogP contribution >= 0.6 is 0 Å². The molecule has 3 heteroatoms. The van der Waals surface area contributed by atoms with E-state index < -0.39 is 0 Å². The van der Waals surface area contributed by atoms with Crippen LogP contribution in [0.5, 0.6) is 0 Å². The summed E-state index contributed by atoms with van der Waals surface area (Å²) in [5.74, 6) is 0.935. The van der Waals surface area contributed by atoms with Crippen LogP contribution in [-0.4, -0.2) is 62.2 Å². The second kappa shape index (κ2) is 7.61. The number of rotatable bonds is 5. The molecular formula is C16H33N3. The van der Waals surface area contributed by atoms with Crippen molar-refractivity contribution in [3.05, 3.63) is 0 Å². The summed E-state index contributed by atoms with van der Waals surface area (Å²) in [5, 5.41) is 3.61. The molecule has 1 aliphatic heterocycles. The van der Waals surface area contributed by atoms with Crippen molar-refractivity contribution in [2.75, 3.05) is 40.3 Å². The number of hydrogen-bond donors (Lipinski definition) is 1. The van der Waals surface area contributed by atoms with Gasteiger partial charge in [-0.1, -0.05) is 6.92 Å². The van der Waals surface area contributed by atoms with Crippen molar-refractivity contribution in [2.45, 2.75) is 57.5 Å². The molecule has 0 bridgehead atoms. The Bertz CT molecular complexity index is 238. The van der Waals surface area contributed by atoms with Crippen LogP contribution in [0.25, 0.3) is 0 Å². The molecule has 1 aliphatic carbocycles. The van der Waals surface area contributed by atoms with Gasteiger partial charge in [-0.25, -0.2) is 0 Å². The van der Waals surface area contributed by atoms with Gasteiger partial charge in [0.2, 0.25) is 0 Å². The van der Waals surface area contributed by atoms with E-state index in [-0.39, 0.29) is 0 Å². The zero-order valence-electron chi connectivity index (χ0n) is 13.2. The van der Waals surface area contributed by atoms with Crippen molar-refractivity contribution in [1.82, 2.24) is 15.1 Å². The first kappa shape index (κ1) is 15.3. The third kappa shape index (κ3) is 4.73. The minimum absolute atomic E-state index is 0.799. The lowest BCUT2D eigenvalue weighted by Crippen LogP contribution is -2.46. The van der Waals surface area contributed by atoms with E-state index in [1.54, 1.807) is 0 Å². The van der Waals surface area contributed by atoms with Gasteiger partial charge in [0.25, 0.3) is 0 Å². The number of likely N-dealkylation sites (tertiary alicyclic amines) is 1. The summed E-state index contributed by atoms with van der Waals surface area (Å²) in [6.07, 6.45) is 8.41. The van der Waals surface area contributed by atoms with E-state index in [9.17, 15) is 0 Å². The monoisotopic (exact) mass is 267 g/mol. The van der Waals surface area contributed by atoms with Gasteiger partial charge in [-0.2, -0.15) is 0 Å². The lowest BCUT2D eigenvalue weighted by molar-refractivity contribution is 0.0918. The smallest absolute Gasteiger partial charge is 0.00964 e. The Hall–Kier alpha value is -0.120. The van der Waals surface area contributed by atoms with Crippen LogP contribution in [-0.2, 0) is 0 Å².